The number of hydrogen-bond donors (Lipinski definition) is 0. The van der Waals surface area contributed by atoms with Crippen LogP contribution >= 0.6 is 11.6 Å². The zero-order valence-corrected chi connectivity index (χ0v) is 11.2. The van der Waals surface area contributed by atoms with Crippen molar-refractivity contribution in [3.63, 3.8) is 0 Å². The van der Waals surface area contributed by atoms with Gasteiger partial charge >= 0.3 is 0 Å². The minimum absolute atomic E-state index is 0.0886. The van der Waals surface area contributed by atoms with E-state index in [9.17, 15) is 13.6 Å². The molecule has 0 spiro atoms. The van der Waals surface area contributed by atoms with E-state index in [-0.39, 0.29) is 29.3 Å². The Bertz CT molecular complexity index is 646. The van der Waals surface area contributed by atoms with Gasteiger partial charge < -0.3 is 0 Å². The Labute approximate surface area is 120 Å². The van der Waals surface area contributed by atoms with E-state index in [0.29, 0.717) is 22.6 Å². The van der Waals surface area contributed by atoms with Gasteiger partial charge in [-0.1, -0.05) is 17.7 Å². The van der Waals surface area contributed by atoms with Gasteiger partial charge in [-0.3, -0.25) is 4.79 Å². The zero-order valence-electron chi connectivity index (χ0n) is 10.4. The van der Waals surface area contributed by atoms with Crippen LogP contribution in [0.15, 0.2) is 42.5 Å². The van der Waals surface area contributed by atoms with Crippen molar-refractivity contribution in [1.82, 2.24) is 0 Å². The van der Waals surface area contributed by atoms with E-state index in [1.165, 1.54) is 30.3 Å². The van der Waals surface area contributed by atoms with Gasteiger partial charge in [0.2, 0.25) is 0 Å². The Morgan fingerprint density at radius 1 is 1.10 bits per heavy atom. The fourth-order valence-electron chi connectivity index (χ4n) is 2.50. The van der Waals surface area contributed by atoms with Gasteiger partial charge in [-0.15, -0.1) is 0 Å². The molecule has 0 aliphatic heterocycles. The number of carbonyl (C=O) groups excluding carboxylic acids is 1. The lowest BCUT2D eigenvalue weighted by Crippen LogP contribution is -2.04. The second-order valence-corrected chi connectivity index (χ2v) is 5.36. The second kappa shape index (κ2) is 4.98. The van der Waals surface area contributed by atoms with E-state index in [1.54, 1.807) is 12.1 Å². The van der Waals surface area contributed by atoms with E-state index in [0.717, 1.165) is 0 Å². The second-order valence-electron chi connectivity index (χ2n) is 4.96. The molecule has 1 nitrogen and oxygen atoms in total. The molecule has 0 unspecified atom stereocenters. The molecule has 0 N–H and O–H groups in total. The molecule has 1 saturated carbocycles. The third-order valence-corrected chi connectivity index (χ3v) is 3.96. The Hall–Kier alpha value is -1.74. The Morgan fingerprint density at radius 2 is 1.80 bits per heavy atom. The quantitative estimate of drug-likeness (QED) is 0.755. The molecule has 1 aliphatic carbocycles. The molecule has 4 heteroatoms. The maximum absolute atomic E-state index is 13.8. The first-order chi connectivity index (χ1) is 9.58. The summed E-state index contributed by atoms with van der Waals surface area (Å²) in [7, 11) is 0. The third-order valence-electron chi connectivity index (χ3n) is 3.63. The number of carbonyl (C=O) groups is 1. The number of benzene rings is 2. The van der Waals surface area contributed by atoms with Gasteiger partial charge in [-0.25, -0.2) is 8.78 Å². The molecule has 1 fully saturated rings. The molecule has 0 saturated heterocycles. The van der Waals surface area contributed by atoms with Crippen LogP contribution in [0.1, 0.15) is 28.3 Å². The first kappa shape index (κ1) is 13.3. The largest absolute Gasteiger partial charge is 0.294 e. The van der Waals surface area contributed by atoms with E-state index in [1.807, 2.05) is 0 Å². The van der Waals surface area contributed by atoms with Gasteiger partial charge in [0.25, 0.3) is 0 Å². The van der Waals surface area contributed by atoms with Crippen molar-refractivity contribution < 1.29 is 13.6 Å². The topological polar surface area (TPSA) is 17.1 Å². The van der Waals surface area contributed by atoms with E-state index < -0.39 is 0 Å². The van der Waals surface area contributed by atoms with Crippen LogP contribution in [-0.4, -0.2) is 5.78 Å². The lowest BCUT2D eigenvalue weighted by Gasteiger charge is -2.05. The van der Waals surface area contributed by atoms with Crippen molar-refractivity contribution >= 4 is 17.4 Å². The molecule has 3 rings (SSSR count). The summed E-state index contributed by atoms with van der Waals surface area (Å²) in [6.07, 6.45) is 0.580. The lowest BCUT2D eigenvalue weighted by molar-refractivity contribution is 0.0965. The molecule has 2 aromatic rings. The number of Topliss-reactive ketones (excluding diaryl/α,β-unsaturated/α-hetero) is 1. The van der Waals surface area contributed by atoms with Crippen LogP contribution in [0.2, 0.25) is 5.02 Å². The molecule has 20 heavy (non-hydrogen) atoms. The molecule has 1 aliphatic rings. The average Bonchev–Trinajstić information content (AvgIpc) is 3.19. The summed E-state index contributed by atoms with van der Waals surface area (Å²) in [6.45, 7) is 0. The van der Waals surface area contributed by atoms with Gasteiger partial charge in [0.05, 0.1) is 0 Å². The molecule has 2 aromatic carbocycles. The number of rotatable bonds is 3. The Kier molecular flexibility index (Phi) is 3.30. The zero-order chi connectivity index (χ0) is 14.3. The van der Waals surface area contributed by atoms with Crippen LogP contribution in [0.3, 0.4) is 0 Å². The van der Waals surface area contributed by atoms with E-state index in [4.69, 9.17) is 11.6 Å². The van der Waals surface area contributed by atoms with Gasteiger partial charge in [0.1, 0.15) is 11.6 Å². The first-order valence-electron chi connectivity index (χ1n) is 6.31. The summed E-state index contributed by atoms with van der Waals surface area (Å²) in [4.78, 5) is 12.2. The van der Waals surface area contributed by atoms with Crippen LogP contribution in [0.5, 0.6) is 0 Å². The third kappa shape index (κ3) is 2.34. The first-order valence-corrected chi connectivity index (χ1v) is 6.69. The molecule has 2 atom stereocenters. The van der Waals surface area contributed by atoms with Crippen LogP contribution in [-0.2, 0) is 0 Å². The van der Waals surface area contributed by atoms with E-state index >= 15 is 0 Å². The predicted octanol–water partition coefficient (Wildman–Crippen LogP) is 4.60. The molecule has 0 bridgehead atoms. The van der Waals surface area contributed by atoms with Crippen molar-refractivity contribution in [2.75, 3.05) is 0 Å². The number of hydrogen-bond acceptors (Lipinski definition) is 1. The predicted molar refractivity (Wildman–Crippen MR) is 73.0 cm³/mol. The van der Waals surface area contributed by atoms with Crippen LogP contribution in [0.25, 0.3) is 0 Å². The Morgan fingerprint density at radius 3 is 2.45 bits per heavy atom. The van der Waals surface area contributed by atoms with Crippen LogP contribution in [0, 0.1) is 17.6 Å². The van der Waals surface area contributed by atoms with Crippen LogP contribution in [0.4, 0.5) is 8.78 Å². The fraction of sp³-hybridized carbons (Fsp3) is 0.188. The highest BCUT2D eigenvalue weighted by atomic mass is 35.5. The van der Waals surface area contributed by atoms with Crippen LogP contribution < -0.4 is 0 Å². The van der Waals surface area contributed by atoms with Gasteiger partial charge in [0, 0.05) is 22.1 Å². The monoisotopic (exact) mass is 292 g/mol. The smallest absolute Gasteiger partial charge is 0.166 e. The molecule has 0 heterocycles. The van der Waals surface area contributed by atoms with Crippen molar-refractivity contribution in [2.24, 2.45) is 5.92 Å². The molecule has 0 amide bonds. The molecule has 102 valence electrons. The summed E-state index contributed by atoms with van der Waals surface area (Å²) in [5.74, 6) is -1.30. The van der Waals surface area contributed by atoms with Gasteiger partial charge in [-0.05, 0) is 48.7 Å². The van der Waals surface area contributed by atoms with Crippen molar-refractivity contribution in [3.05, 3.63) is 70.2 Å². The van der Waals surface area contributed by atoms with Gasteiger partial charge in [0.15, 0.2) is 5.78 Å². The lowest BCUT2D eigenvalue weighted by atomic mass is 10.0. The standard InChI is InChI=1S/C16H11ClF2O/c17-13-2-1-3-14(19)15(13)11-8-12(11)16(20)9-4-6-10(18)7-5-9/h1-7,11-12H,8H2/t11-,12+/m0/s1. The molecular weight excluding hydrogens is 282 g/mol. The molecule has 0 aromatic heterocycles. The average molecular weight is 293 g/mol. The number of halogens is 3. The van der Waals surface area contributed by atoms with Gasteiger partial charge in [-0.2, -0.15) is 0 Å². The SMILES string of the molecule is O=C(c1ccc(F)cc1)[C@@H]1C[C@@H]1c1c(F)cccc1Cl. The summed E-state index contributed by atoms with van der Waals surface area (Å²) in [5.41, 5.74) is 0.862. The summed E-state index contributed by atoms with van der Waals surface area (Å²) in [5, 5.41) is 0.351. The number of ketones is 1. The minimum Gasteiger partial charge on any atom is -0.294 e. The maximum atomic E-state index is 13.8. The Balaban J connectivity index is 1.82. The fourth-order valence-corrected chi connectivity index (χ4v) is 2.80. The highest BCUT2D eigenvalue weighted by Gasteiger charge is 2.46. The molecular formula is C16H11ClF2O. The maximum Gasteiger partial charge on any atom is 0.166 e. The van der Waals surface area contributed by atoms with Crippen molar-refractivity contribution in [2.45, 2.75) is 12.3 Å². The summed E-state index contributed by atoms with van der Waals surface area (Å²) >= 11 is 6.00. The van der Waals surface area contributed by atoms with E-state index in [2.05, 4.69) is 0 Å². The highest BCUT2D eigenvalue weighted by molar-refractivity contribution is 6.31. The normalized spacial score (nSPS) is 20.8. The summed E-state index contributed by atoms with van der Waals surface area (Å²) in [6, 6.07) is 9.92. The highest BCUT2D eigenvalue weighted by Crippen LogP contribution is 2.51. The molecule has 0 radical (unpaired) electrons. The summed E-state index contributed by atoms with van der Waals surface area (Å²) < 4.78 is 26.6. The minimum atomic E-state index is -0.383. The van der Waals surface area contributed by atoms with Crippen molar-refractivity contribution in [1.29, 1.82) is 0 Å². The van der Waals surface area contributed by atoms with Crippen molar-refractivity contribution in [3.8, 4) is 0 Å².